The van der Waals surface area contributed by atoms with Gasteiger partial charge in [0.1, 0.15) is 5.82 Å². The second-order valence-corrected chi connectivity index (χ2v) is 5.75. The summed E-state index contributed by atoms with van der Waals surface area (Å²) in [6.45, 7) is 12.3. The minimum absolute atomic E-state index is 0.166. The monoisotopic (exact) mass is 294 g/mol. The topological polar surface area (TPSA) is 15.3 Å². The van der Waals surface area contributed by atoms with Crippen LogP contribution in [0.3, 0.4) is 0 Å². The first-order chi connectivity index (χ1) is 10.1. The summed E-state index contributed by atoms with van der Waals surface area (Å²) in [4.78, 5) is 2.46. The molecule has 0 aliphatic carbocycles. The molecule has 3 heteroatoms. The van der Waals surface area contributed by atoms with Crippen molar-refractivity contribution in [3.8, 4) is 0 Å². The highest BCUT2D eigenvalue weighted by atomic mass is 19.1. The summed E-state index contributed by atoms with van der Waals surface area (Å²) in [7, 11) is 0. The van der Waals surface area contributed by atoms with Crippen LogP contribution in [0.15, 0.2) is 24.3 Å². The van der Waals surface area contributed by atoms with E-state index in [1.54, 1.807) is 12.1 Å². The lowest BCUT2D eigenvalue weighted by atomic mass is 10.0. The van der Waals surface area contributed by atoms with Crippen molar-refractivity contribution < 1.29 is 4.39 Å². The first-order valence-corrected chi connectivity index (χ1v) is 8.34. The van der Waals surface area contributed by atoms with E-state index < -0.39 is 0 Å². The second kappa shape index (κ2) is 9.91. The Morgan fingerprint density at radius 2 is 1.71 bits per heavy atom. The summed E-state index contributed by atoms with van der Waals surface area (Å²) < 4.78 is 13.0. The van der Waals surface area contributed by atoms with Crippen LogP contribution >= 0.6 is 0 Å². The van der Waals surface area contributed by atoms with E-state index in [4.69, 9.17) is 0 Å². The molecule has 0 aliphatic rings. The fourth-order valence-corrected chi connectivity index (χ4v) is 2.73. The molecular weight excluding hydrogens is 263 g/mol. The Morgan fingerprint density at radius 3 is 2.24 bits per heavy atom. The van der Waals surface area contributed by atoms with Gasteiger partial charge in [-0.1, -0.05) is 32.9 Å². The maximum atomic E-state index is 13.0. The van der Waals surface area contributed by atoms with E-state index >= 15 is 0 Å². The van der Waals surface area contributed by atoms with Gasteiger partial charge < -0.3 is 10.2 Å². The molecule has 120 valence electrons. The van der Waals surface area contributed by atoms with E-state index in [0.29, 0.717) is 12.1 Å². The maximum absolute atomic E-state index is 13.0. The minimum Gasteiger partial charge on any atom is -0.307 e. The zero-order chi connectivity index (χ0) is 15.7. The molecule has 2 atom stereocenters. The van der Waals surface area contributed by atoms with Crippen LogP contribution in [0, 0.1) is 5.82 Å². The Labute approximate surface area is 129 Å². The number of benzene rings is 1. The third-order valence-electron chi connectivity index (χ3n) is 4.17. The molecule has 2 unspecified atom stereocenters. The Morgan fingerprint density at radius 1 is 1.10 bits per heavy atom. The lowest BCUT2D eigenvalue weighted by molar-refractivity contribution is 0.287. The van der Waals surface area contributed by atoms with Crippen LogP contribution in [0.25, 0.3) is 0 Å². The van der Waals surface area contributed by atoms with Crippen LogP contribution in [0.4, 0.5) is 4.39 Å². The highest BCUT2D eigenvalue weighted by Crippen LogP contribution is 2.18. The van der Waals surface area contributed by atoms with Crippen molar-refractivity contribution in [1.29, 1.82) is 0 Å². The Balaban J connectivity index is 2.40. The smallest absolute Gasteiger partial charge is 0.123 e. The van der Waals surface area contributed by atoms with Gasteiger partial charge in [-0.2, -0.15) is 0 Å². The van der Waals surface area contributed by atoms with Crippen molar-refractivity contribution in [2.75, 3.05) is 19.6 Å². The molecule has 1 rings (SSSR count). The van der Waals surface area contributed by atoms with Crippen molar-refractivity contribution in [3.63, 3.8) is 0 Å². The molecule has 1 aromatic carbocycles. The fourth-order valence-electron chi connectivity index (χ4n) is 2.73. The number of nitrogens with one attached hydrogen (secondary N) is 1. The van der Waals surface area contributed by atoms with Crippen molar-refractivity contribution >= 4 is 0 Å². The van der Waals surface area contributed by atoms with E-state index in [2.05, 4.69) is 37.9 Å². The average Bonchev–Trinajstić information content (AvgIpc) is 2.50. The molecule has 0 aliphatic heterocycles. The molecule has 0 amide bonds. The Kier molecular flexibility index (Phi) is 8.55. The van der Waals surface area contributed by atoms with Crippen LogP contribution in [0.5, 0.6) is 0 Å². The zero-order valence-electron chi connectivity index (χ0n) is 14.0. The molecule has 0 heterocycles. The SMILES string of the molecule is CCC(NC(C)CCCN(CC)CC)c1ccc(F)cc1. The molecule has 0 radical (unpaired) electrons. The summed E-state index contributed by atoms with van der Waals surface area (Å²) in [6, 6.07) is 7.66. The Hall–Kier alpha value is -0.930. The lowest BCUT2D eigenvalue weighted by Crippen LogP contribution is -2.31. The van der Waals surface area contributed by atoms with Gasteiger partial charge in [0.25, 0.3) is 0 Å². The molecule has 0 fully saturated rings. The second-order valence-electron chi connectivity index (χ2n) is 5.75. The highest BCUT2D eigenvalue weighted by Gasteiger charge is 2.12. The van der Waals surface area contributed by atoms with Crippen LogP contribution in [0.1, 0.15) is 58.6 Å². The highest BCUT2D eigenvalue weighted by molar-refractivity contribution is 5.19. The van der Waals surface area contributed by atoms with Gasteiger partial charge in [0.15, 0.2) is 0 Å². The molecule has 2 nitrogen and oxygen atoms in total. The van der Waals surface area contributed by atoms with Crippen molar-refractivity contribution in [1.82, 2.24) is 10.2 Å². The normalized spacial score (nSPS) is 14.4. The van der Waals surface area contributed by atoms with Gasteiger partial charge in [0, 0.05) is 12.1 Å². The predicted octanol–water partition coefficient (Wildman–Crippen LogP) is 4.38. The summed E-state index contributed by atoms with van der Waals surface area (Å²) in [5.74, 6) is -0.166. The Bertz CT molecular complexity index is 373. The first kappa shape index (κ1) is 18.1. The molecule has 0 bridgehead atoms. The van der Waals surface area contributed by atoms with E-state index in [9.17, 15) is 4.39 Å². The predicted molar refractivity (Wildman–Crippen MR) is 89.1 cm³/mol. The van der Waals surface area contributed by atoms with Crippen LogP contribution in [0.2, 0.25) is 0 Å². The molecule has 1 N–H and O–H groups in total. The molecule has 21 heavy (non-hydrogen) atoms. The third-order valence-corrected chi connectivity index (χ3v) is 4.17. The summed E-state index contributed by atoms with van der Waals surface area (Å²) in [5, 5.41) is 3.67. The van der Waals surface area contributed by atoms with Gasteiger partial charge in [-0.05, 0) is 63.5 Å². The lowest BCUT2D eigenvalue weighted by Gasteiger charge is -2.24. The summed E-state index contributed by atoms with van der Waals surface area (Å²) in [6.07, 6.45) is 3.41. The van der Waals surface area contributed by atoms with E-state index in [1.165, 1.54) is 24.9 Å². The van der Waals surface area contributed by atoms with Gasteiger partial charge in [-0.3, -0.25) is 0 Å². The molecule has 0 saturated carbocycles. The number of halogens is 1. The van der Waals surface area contributed by atoms with E-state index in [1.807, 2.05) is 12.1 Å². The maximum Gasteiger partial charge on any atom is 0.123 e. The van der Waals surface area contributed by atoms with Crippen molar-refractivity contribution in [2.45, 2.75) is 59.0 Å². The molecule has 1 aromatic rings. The van der Waals surface area contributed by atoms with Gasteiger partial charge >= 0.3 is 0 Å². The largest absolute Gasteiger partial charge is 0.307 e. The number of hydrogen-bond donors (Lipinski definition) is 1. The third kappa shape index (κ3) is 6.58. The summed E-state index contributed by atoms with van der Waals surface area (Å²) >= 11 is 0. The van der Waals surface area contributed by atoms with Crippen molar-refractivity contribution in [3.05, 3.63) is 35.6 Å². The van der Waals surface area contributed by atoms with Crippen LogP contribution in [-0.2, 0) is 0 Å². The van der Waals surface area contributed by atoms with Crippen LogP contribution < -0.4 is 5.32 Å². The van der Waals surface area contributed by atoms with Crippen molar-refractivity contribution in [2.24, 2.45) is 0 Å². The molecule has 0 aromatic heterocycles. The summed E-state index contributed by atoms with van der Waals surface area (Å²) in [5.41, 5.74) is 1.18. The zero-order valence-corrected chi connectivity index (χ0v) is 14.0. The van der Waals surface area contributed by atoms with E-state index in [-0.39, 0.29) is 5.82 Å². The standard InChI is InChI=1S/C18H31FN2/c1-5-18(16-10-12-17(19)13-11-16)20-15(4)9-8-14-21(6-2)7-3/h10-13,15,18,20H,5-9,14H2,1-4H3. The van der Waals surface area contributed by atoms with Crippen LogP contribution in [-0.4, -0.2) is 30.6 Å². The van der Waals surface area contributed by atoms with Gasteiger partial charge in [0.05, 0.1) is 0 Å². The quantitative estimate of drug-likeness (QED) is 0.689. The molecular formula is C18H31FN2. The van der Waals surface area contributed by atoms with Gasteiger partial charge in [-0.25, -0.2) is 4.39 Å². The average molecular weight is 294 g/mol. The molecule has 0 saturated heterocycles. The number of nitrogens with zero attached hydrogens (tertiary/aromatic N) is 1. The molecule has 0 spiro atoms. The number of rotatable bonds is 10. The van der Waals surface area contributed by atoms with Gasteiger partial charge in [-0.15, -0.1) is 0 Å². The van der Waals surface area contributed by atoms with E-state index in [0.717, 1.165) is 19.5 Å². The first-order valence-electron chi connectivity index (χ1n) is 8.34. The fraction of sp³-hybridized carbons (Fsp3) is 0.667. The minimum atomic E-state index is -0.166. The van der Waals surface area contributed by atoms with Gasteiger partial charge in [0.2, 0.25) is 0 Å². The number of hydrogen-bond acceptors (Lipinski definition) is 2.